The van der Waals surface area contributed by atoms with Crippen LogP contribution < -0.4 is 5.32 Å². The molecule has 7 heteroatoms. The molecule has 0 saturated carbocycles. The predicted octanol–water partition coefficient (Wildman–Crippen LogP) is 4.44. The summed E-state index contributed by atoms with van der Waals surface area (Å²) in [5, 5.41) is 7.71. The molecule has 3 rings (SSSR count). The SMILES string of the molecule is CC(C)(C)c1noc(CCCC(=O)Nc2nc3c(s2)CCCCCC3)n1. The van der Waals surface area contributed by atoms with E-state index < -0.39 is 0 Å². The lowest BCUT2D eigenvalue weighted by Crippen LogP contribution is -2.13. The van der Waals surface area contributed by atoms with Gasteiger partial charge in [-0.1, -0.05) is 38.8 Å². The number of thiazole rings is 1. The second kappa shape index (κ2) is 8.29. The fraction of sp³-hybridized carbons (Fsp3) is 0.684. The number of rotatable bonds is 5. The van der Waals surface area contributed by atoms with Crippen LogP contribution in [-0.4, -0.2) is 21.0 Å². The molecule has 0 spiro atoms. The summed E-state index contributed by atoms with van der Waals surface area (Å²) in [6, 6.07) is 0. The number of hydrogen-bond acceptors (Lipinski definition) is 6. The van der Waals surface area contributed by atoms with Crippen LogP contribution in [0.1, 0.15) is 81.6 Å². The van der Waals surface area contributed by atoms with Crippen LogP contribution in [0, 0.1) is 0 Å². The van der Waals surface area contributed by atoms with Crippen molar-refractivity contribution in [3.63, 3.8) is 0 Å². The van der Waals surface area contributed by atoms with Gasteiger partial charge in [0.25, 0.3) is 0 Å². The van der Waals surface area contributed by atoms with Gasteiger partial charge in [-0.15, -0.1) is 11.3 Å². The zero-order valence-electron chi connectivity index (χ0n) is 15.9. The first-order valence-corrected chi connectivity index (χ1v) is 10.3. The van der Waals surface area contributed by atoms with Crippen molar-refractivity contribution < 1.29 is 9.32 Å². The lowest BCUT2D eigenvalue weighted by atomic mass is 9.96. The van der Waals surface area contributed by atoms with Crippen molar-refractivity contribution in [3.05, 3.63) is 22.3 Å². The number of carbonyl (C=O) groups excluding carboxylic acids is 1. The quantitative estimate of drug-likeness (QED) is 0.834. The Morgan fingerprint density at radius 2 is 1.92 bits per heavy atom. The number of aryl methyl sites for hydroxylation is 3. The van der Waals surface area contributed by atoms with Gasteiger partial charge in [-0.3, -0.25) is 4.79 Å². The third-order valence-electron chi connectivity index (χ3n) is 4.53. The third kappa shape index (κ3) is 5.13. The summed E-state index contributed by atoms with van der Waals surface area (Å²) in [5.74, 6) is 1.30. The summed E-state index contributed by atoms with van der Waals surface area (Å²) in [7, 11) is 0. The number of aromatic nitrogens is 3. The van der Waals surface area contributed by atoms with Crippen molar-refractivity contribution in [2.24, 2.45) is 0 Å². The molecule has 0 radical (unpaired) electrons. The van der Waals surface area contributed by atoms with Crippen molar-refractivity contribution >= 4 is 22.4 Å². The molecule has 2 aromatic rings. The fourth-order valence-corrected chi connectivity index (χ4v) is 4.07. The summed E-state index contributed by atoms with van der Waals surface area (Å²) in [4.78, 5) is 22.6. The Labute approximate surface area is 158 Å². The average molecular weight is 377 g/mol. The van der Waals surface area contributed by atoms with Crippen molar-refractivity contribution in [2.45, 2.75) is 84.0 Å². The van der Waals surface area contributed by atoms with E-state index in [0.717, 1.165) is 18.0 Å². The Morgan fingerprint density at radius 3 is 2.65 bits per heavy atom. The summed E-state index contributed by atoms with van der Waals surface area (Å²) in [6.45, 7) is 6.14. The maximum atomic E-state index is 12.2. The molecule has 1 aliphatic rings. The number of fused-ring (bicyclic) bond motifs is 1. The monoisotopic (exact) mass is 376 g/mol. The molecule has 0 atom stereocenters. The van der Waals surface area contributed by atoms with Crippen LogP contribution in [0.2, 0.25) is 0 Å². The molecule has 0 unspecified atom stereocenters. The van der Waals surface area contributed by atoms with Crippen molar-refractivity contribution in [1.82, 2.24) is 15.1 Å². The molecule has 26 heavy (non-hydrogen) atoms. The highest BCUT2D eigenvalue weighted by Gasteiger charge is 2.21. The summed E-state index contributed by atoms with van der Waals surface area (Å²) in [5.41, 5.74) is 1.06. The molecule has 142 valence electrons. The Hall–Kier alpha value is -1.76. The van der Waals surface area contributed by atoms with E-state index in [9.17, 15) is 4.79 Å². The highest BCUT2D eigenvalue weighted by Crippen LogP contribution is 2.28. The van der Waals surface area contributed by atoms with Crippen LogP contribution in [0.4, 0.5) is 5.13 Å². The zero-order valence-corrected chi connectivity index (χ0v) is 16.7. The summed E-state index contributed by atoms with van der Waals surface area (Å²) >= 11 is 1.64. The Bertz CT molecular complexity index is 720. The van der Waals surface area contributed by atoms with Gasteiger partial charge in [0.1, 0.15) is 0 Å². The second-order valence-corrected chi connectivity index (χ2v) is 9.05. The van der Waals surface area contributed by atoms with Gasteiger partial charge in [0.2, 0.25) is 11.8 Å². The second-order valence-electron chi connectivity index (χ2n) is 7.97. The molecule has 0 bridgehead atoms. The molecule has 2 heterocycles. The molecular formula is C19H28N4O2S. The Kier molecular flexibility index (Phi) is 6.06. The van der Waals surface area contributed by atoms with Gasteiger partial charge in [0, 0.05) is 23.1 Å². The van der Waals surface area contributed by atoms with Gasteiger partial charge >= 0.3 is 0 Å². The van der Waals surface area contributed by atoms with Gasteiger partial charge in [0.05, 0.1) is 5.69 Å². The van der Waals surface area contributed by atoms with E-state index >= 15 is 0 Å². The maximum absolute atomic E-state index is 12.2. The van der Waals surface area contributed by atoms with Gasteiger partial charge in [-0.25, -0.2) is 4.98 Å². The number of anilines is 1. The zero-order chi connectivity index (χ0) is 18.6. The minimum Gasteiger partial charge on any atom is -0.339 e. The van der Waals surface area contributed by atoms with Crippen LogP contribution in [-0.2, 0) is 29.5 Å². The number of hydrogen-bond donors (Lipinski definition) is 1. The van der Waals surface area contributed by atoms with Crippen molar-refractivity contribution in [3.8, 4) is 0 Å². The summed E-state index contributed by atoms with van der Waals surface area (Å²) in [6.07, 6.45) is 8.86. The Balaban J connectivity index is 1.47. The molecular weight excluding hydrogens is 348 g/mol. The molecule has 0 fully saturated rings. The number of amides is 1. The van der Waals surface area contributed by atoms with Gasteiger partial charge in [0.15, 0.2) is 11.0 Å². The van der Waals surface area contributed by atoms with Crippen LogP contribution in [0.3, 0.4) is 0 Å². The number of carbonyl (C=O) groups is 1. The van der Waals surface area contributed by atoms with Gasteiger partial charge < -0.3 is 9.84 Å². The lowest BCUT2D eigenvalue weighted by Gasteiger charge is -2.10. The van der Waals surface area contributed by atoms with Gasteiger partial charge in [-0.2, -0.15) is 4.98 Å². The molecule has 0 aliphatic heterocycles. The van der Waals surface area contributed by atoms with E-state index in [4.69, 9.17) is 4.52 Å². The molecule has 1 N–H and O–H groups in total. The minimum absolute atomic E-state index is 0.00211. The van der Waals surface area contributed by atoms with E-state index in [2.05, 4.69) is 20.4 Å². The number of nitrogens with zero attached hydrogens (tertiary/aromatic N) is 3. The lowest BCUT2D eigenvalue weighted by molar-refractivity contribution is -0.116. The van der Waals surface area contributed by atoms with Crippen LogP contribution in [0.25, 0.3) is 0 Å². The molecule has 0 aromatic carbocycles. The van der Waals surface area contributed by atoms with E-state index in [1.807, 2.05) is 20.8 Å². The van der Waals surface area contributed by atoms with E-state index in [1.54, 1.807) is 11.3 Å². The predicted molar refractivity (Wildman–Crippen MR) is 103 cm³/mol. The maximum Gasteiger partial charge on any atom is 0.226 e. The van der Waals surface area contributed by atoms with E-state index in [1.165, 1.54) is 36.3 Å². The highest BCUT2D eigenvalue weighted by molar-refractivity contribution is 7.15. The smallest absolute Gasteiger partial charge is 0.226 e. The first-order valence-electron chi connectivity index (χ1n) is 9.53. The van der Waals surface area contributed by atoms with Crippen LogP contribution in [0.5, 0.6) is 0 Å². The van der Waals surface area contributed by atoms with Crippen LogP contribution in [0.15, 0.2) is 4.52 Å². The summed E-state index contributed by atoms with van der Waals surface area (Å²) < 4.78 is 5.27. The highest BCUT2D eigenvalue weighted by atomic mass is 32.1. The molecule has 6 nitrogen and oxygen atoms in total. The average Bonchev–Trinajstić information content (AvgIpc) is 3.15. The topological polar surface area (TPSA) is 80.9 Å². The van der Waals surface area contributed by atoms with E-state index in [-0.39, 0.29) is 11.3 Å². The molecule has 1 aliphatic carbocycles. The first kappa shape index (κ1) is 19.0. The minimum atomic E-state index is -0.124. The largest absolute Gasteiger partial charge is 0.339 e. The third-order valence-corrected chi connectivity index (χ3v) is 5.60. The normalized spacial score (nSPS) is 15.2. The van der Waals surface area contributed by atoms with Crippen molar-refractivity contribution in [1.29, 1.82) is 0 Å². The Morgan fingerprint density at radius 1 is 1.15 bits per heavy atom. The molecule has 1 amide bonds. The van der Waals surface area contributed by atoms with E-state index in [0.29, 0.717) is 31.0 Å². The van der Waals surface area contributed by atoms with Crippen molar-refractivity contribution in [2.75, 3.05) is 5.32 Å². The first-order chi connectivity index (χ1) is 12.4. The number of nitrogens with one attached hydrogen (secondary N) is 1. The van der Waals surface area contributed by atoms with Crippen LogP contribution >= 0.6 is 11.3 Å². The molecule has 2 aromatic heterocycles. The fourth-order valence-electron chi connectivity index (χ4n) is 3.00. The van der Waals surface area contributed by atoms with Gasteiger partial charge in [-0.05, 0) is 32.1 Å². The molecule has 0 saturated heterocycles. The standard InChI is InChI=1S/C19H28N4O2S/c1-19(2,3)17-22-16(25-23-17)12-8-11-15(24)21-18-20-13-9-6-4-5-7-10-14(13)26-18/h4-12H2,1-3H3,(H,20,21,24).